The minimum atomic E-state index is -0.970. The summed E-state index contributed by atoms with van der Waals surface area (Å²) in [7, 11) is 1.57. The molecule has 1 aliphatic rings. The summed E-state index contributed by atoms with van der Waals surface area (Å²) in [5.41, 5.74) is 0.114. The van der Waals surface area contributed by atoms with Gasteiger partial charge >= 0.3 is 12.1 Å². The summed E-state index contributed by atoms with van der Waals surface area (Å²) in [6.07, 6.45) is -0.224. The Morgan fingerprint density at radius 3 is 2.56 bits per heavy atom. The van der Waals surface area contributed by atoms with E-state index in [0.29, 0.717) is 12.2 Å². The van der Waals surface area contributed by atoms with Crippen LogP contribution >= 0.6 is 0 Å². The minimum Gasteiger partial charge on any atom is -0.497 e. The molecular weight excluding hydrogens is 350 g/mol. The number of nitrogens with zero attached hydrogens (tertiary/aromatic N) is 1. The van der Waals surface area contributed by atoms with Gasteiger partial charge in [0.15, 0.2) is 0 Å². The van der Waals surface area contributed by atoms with E-state index < -0.39 is 35.5 Å². The van der Waals surface area contributed by atoms with Gasteiger partial charge in [0.2, 0.25) is 5.91 Å². The molecule has 1 aromatic carbocycles. The van der Waals surface area contributed by atoms with Crippen molar-refractivity contribution in [1.29, 1.82) is 0 Å². The fourth-order valence-electron chi connectivity index (χ4n) is 3.05. The normalized spacial score (nSPS) is 19.7. The summed E-state index contributed by atoms with van der Waals surface area (Å²) in [6.45, 7) is 6.97. The van der Waals surface area contributed by atoms with Gasteiger partial charge in [-0.15, -0.1) is 0 Å². The summed E-state index contributed by atoms with van der Waals surface area (Å²) >= 11 is 0. The number of imide groups is 1. The Hall–Kier alpha value is -2.57. The quantitative estimate of drug-likeness (QED) is 0.734. The van der Waals surface area contributed by atoms with Crippen LogP contribution in [0.1, 0.15) is 39.7 Å². The van der Waals surface area contributed by atoms with Crippen molar-refractivity contribution in [2.24, 2.45) is 5.92 Å². The third kappa shape index (κ3) is 5.21. The van der Waals surface area contributed by atoms with Crippen LogP contribution in [0, 0.1) is 5.92 Å². The monoisotopic (exact) mass is 377 g/mol. The van der Waals surface area contributed by atoms with Gasteiger partial charge < -0.3 is 14.2 Å². The summed E-state index contributed by atoms with van der Waals surface area (Å²) in [6, 6.07) is 6.40. The SMILES string of the molecule is CCOC(=O)[C@@H]1C[C@@H](Cc2cccc(OC)c2)C(=O)N1C(=O)OC(C)(C)C. The molecular formula is C20H27NO6. The summed E-state index contributed by atoms with van der Waals surface area (Å²) in [5.74, 6) is -0.849. The number of carbonyl (C=O) groups excluding carboxylic acids is 3. The van der Waals surface area contributed by atoms with Crippen LogP contribution in [0.25, 0.3) is 0 Å². The zero-order chi connectivity index (χ0) is 20.2. The number of benzene rings is 1. The van der Waals surface area contributed by atoms with E-state index in [1.807, 2.05) is 24.3 Å². The fourth-order valence-corrected chi connectivity index (χ4v) is 3.05. The molecule has 7 heteroatoms. The minimum absolute atomic E-state index is 0.173. The highest BCUT2D eigenvalue weighted by atomic mass is 16.6. The van der Waals surface area contributed by atoms with Crippen molar-refractivity contribution < 1.29 is 28.6 Å². The van der Waals surface area contributed by atoms with E-state index in [1.54, 1.807) is 34.8 Å². The van der Waals surface area contributed by atoms with Gasteiger partial charge in [-0.3, -0.25) is 4.79 Å². The summed E-state index contributed by atoms with van der Waals surface area (Å²) < 4.78 is 15.6. The molecule has 0 bridgehead atoms. The molecule has 1 saturated heterocycles. The van der Waals surface area contributed by atoms with Gasteiger partial charge in [-0.1, -0.05) is 12.1 Å². The molecule has 27 heavy (non-hydrogen) atoms. The molecule has 148 valence electrons. The third-order valence-electron chi connectivity index (χ3n) is 4.17. The van der Waals surface area contributed by atoms with Gasteiger partial charge in [0, 0.05) is 5.92 Å². The molecule has 0 aliphatic carbocycles. The topological polar surface area (TPSA) is 82.1 Å². The molecule has 2 rings (SSSR count). The maximum Gasteiger partial charge on any atom is 0.417 e. The second-order valence-electron chi connectivity index (χ2n) is 7.44. The molecule has 0 radical (unpaired) electrons. The molecule has 2 atom stereocenters. The molecule has 1 aliphatic heterocycles. The Morgan fingerprint density at radius 1 is 1.26 bits per heavy atom. The maximum atomic E-state index is 12.9. The second-order valence-corrected chi connectivity index (χ2v) is 7.44. The van der Waals surface area contributed by atoms with Crippen molar-refractivity contribution in [3.63, 3.8) is 0 Å². The number of carbonyl (C=O) groups is 3. The van der Waals surface area contributed by atoms with E-state index in [2.05, 4.69) is 0 Å². The number of likely N-dealkylation sites (tertiary alicyclic amines) is 1. The van der Waals surface area contributed by atoms with Crippen LogP contribution in [0.3, 0.4) is 0 Å². The first-order valence-electron chi connectivity index (χ1n) is 9.02. The third-order valence-corrected chi connectivity index (χ3v) is 4.17. The summed E-state index contributed by atoms with van der Waals surface area (Å²) in [5, 5.41) is 0. The van der Waals surface area contributed by atoms with Crippen molar-refractivity contribution in [2.45, 2.75) is 52.2 Å². The highest BCUT2D eigenvalue weighted by molar-refractivity contribution is 6.00. The van der Waals surface area contributed by atoms with Gasteiger partial charge in [-0.2, -0.15) is 0 Å². The number of ether oxygens (including phenoxy) is 3. The van der Waals surface area contributed by atoms with Gasteiger partial charge in [-0.05, 0) is 58.2 Å². The Bertz CT molecular complexity index is 709. The molecule has 0 unspecified atom stereocenters. The van der Waals surface area contributed by atoms with E-state index in [0.717, 1.165) is 10.5 Å². The van der Waals surface area contributed by atoms with E-state index in [9.17, 15) is 14.4 Å². The van der Waals surface area contributed by atoms with Crippen molar-refractivity contribution in [3.05, 3.63) is 29.8 Å². The molecule has 0 aromatic heterocycles. The van der Waals surface area contributed by atoms with Crippen molar-refractivity contribution in [1.82, 2.24) is 4.90 Å². The lowest BCUT2D eigenvalue weighted by atomic mass is 9.96. The lowest BCUT2D eigenvalue weighted by molar-refractivity contribution is -0.151. The van der Waals surface area contributed by atoms with Crippen molar-refractivity contribution >= 4 is 18.0 Å². The summed E-state index contributed by atoms with van der Waals surface area (Å²) in [4.78, 5) is 38.7. The number of amides is 2. The van der Waals surface area contributed by atoms with E-state index in [1.165, 1.54) is 0 Å². The molecule has 0 spiro atoms. The van der Waals surface area contributed by atoms with Crippen LogP contribution in [0.15, 0.2) is 24.3 Å². The number of methoxy groups -OCH3 is 1. The number of hydrogen-bond donors (Lipinski definition) is 0. The maximum absolute atomic E-state index is 12.9. The highest BCUT2D eigenvalue weighted by Gasteiger charge is 2.48. The van der Waals surface area contributed by atoms with Crippen LogP contribution in [0.5, 0.6) is 5.75 Å². The number of hydrogen-bond acceptors (Lipinski definition) is 6. The smallest absolute Gasteiger partial charge is 0.417 e. The zero-order valence-corrected chi connectivity index (χ0v) is 16.5. The van der Waals surface area contributed by atoms with Crippen LogP contribution in [-0.2, 0) is 25.5 Å². The van der Waals surface area contributed by atoms with Gasteiger partial charge in [0.05, 0.1) is 13.7 Å². The van der Waals surface area contributed by atoms with Crippen LogP contribution in [0.4, 0.5) is 4.79 Å². The van der Waals surface area contributed by atoms with Gasteiger partial charge in [-0.25, -0.2) is 14.5 Å². The lowest BCUT2D eigenvalue weighted by Gasteiger charge is -2.26. The Kier molecular flexibility index (Phi) is 6.46. The first kappa shape index (κ1) is 20.7. The first-order valence-corrected chi connectivity index (χ1v) is 9.02. The molecule has 1 aromatic rings. The second kappa shape index (κ2) is 8.41. The fraction of sp³-hybridized carbons (Fsp3) is 0.550. The number of rotatable bonds is 5. The molecule has 7 nitrogen and oxygen atoms in total. The largest absolute Gasteiger partial charge is 0.497 e. The molecule has 0 N–H and O–H groups in total. The molecule has 1 heterocycles. The predicted molar refractivity (Wildman–Crippen MR) is 98.3 cm³/mol. The van der Waals surface area contributed by atoms with E-state index in [-0.39, 0.29) is 13.0 Å². The van der Waals surface area contributed by atoms with Crippen molar-refractivity contribution in [2.75, 3.05) is 13.7 Å². The molecule has 2 amide bonds. The van der Waals surface area contributed by atoms with Crippen LogP contribution in [0.2, 0.25) is 0 Å². The Balaban J connectivity index is 2.24. The Morgan fingerprint density at radius 2 is 1.96 bits per heavy atom. The zero-order valence-electron chi connectivity index (χ0n) is 16.5. The van der Waals surface area contributed by atoms with Crippen LogP contribution in [-0.4, -0.2) is 48.2 Å². The van der Waals surface area contributed by atoms with Crippen LogP contribution < -0.4 is 4.74 Å². The van der Waals surface area contributed by atoms with Crippen molar-refractivity contribution in [3.8, 4) is 5.75 Å². The predicted octanol–water partition coefficient (Wildman–Crippen LogP) is 2.95. The average Bonchev–Trinajstić information content (AvgIpc) is 2.90. The average molecular weight is 377 g/mol. The van der Waals surface area contributed by atoms with E-state index >= 15 is 0 Å². The molecule has 0 saturated carbocycles. The van der Waals surface area contributed by atoms with Gasteiger partial charge in [0.25, 0.3) is 0 Å². The van der Waals surface area contributed by atoms with Gasteiger partial charge in [0.1, 0.15) is 17.4 Å². The lowest BCUT2D eigenvalue weighted by Crippen LogP contribution is -2.46. The highest BCUT2D eigenvalue weighted by Crippen LogP contribution is 2.31. The standard InChI is InChI=1S/C20H27NO6/c1-6-26-18(23)16-12-14(10-13-8-7-9-15(11-13)25-5)17(22)21(16)19(24)27-20(2,3)4/h7-9,11,14,16H,6,10,12H2,1-5H3/t14-,16+/m1/s1. The first-order chi connectivity index (χ1) is 12.7. The molecule has 1 fully saturated rings. The number of esters is 1. The van der Waals surface area contributed by atoms with E-state index in [4.69, 9.17) is 14.2 Å². The Labute approximate surface area is 159 Å².